The third-order valence-electron chi connectivity index (χ3n) is 3.24. The fraction of sp³-hybridized carbons (Fsp3) is 0.200. The summed E-state index contributed by atoms with van der Waals surface area (Å²) in [6.45, 7) is 2.33. The molecule has 1 heterocycles. The number of hydrogen-bond acceptors (Lipinski definition) is 1. The summed E-state index contributed by atoms with van der Waals surface area (Å²) in [6, 6.07) is 11.6. The van der Waals surface area contributed by atoms with Crippen molar-refractivity contribution in [1.29, 1.82) is 0 Å². The summed E-state index contributed by atoms with van der Waals surface area (Å²) < 4.78 is 2.10. The Balaban J connectivity index is 2.43. The average Bonchev–Trinajstić information content (AvgIpc) is 2.62. The van der Waals surface area contributed by atoms with Gasteiger partial charge in [-0.15, -0.1) is 0 Å². The van der Waals surface area contributed by atoms with Crippen molar-refractivity contribution < 1.29 is 5.11 Å². The van der Waals surface area contributed by atoms with E-state index in [-0.39, 0.29) is 0 Å². The fourth-order valence-electron chi connectivity index (χ4n) is 2.51. The van der Waals surface area contributed by atoms with E-state index in [0.29, 0.717) is 16.6 Å². The highest BCUT2D eigenvalue weighted by molar-refractivity contribution is 6.33. The molecule has 0 fully saturated rings. The van der Waals surface area contributed by atoms with Crippen molar-refractivity contribution in [1.82, 2.24) is 4.57 Å². The summed E-state index contributed by atoms with van der Waals surface area (Å²) >= 11 is 12.2. The van der Waals surface area contributed by atoms with E-state index in [9.17, 15) is 5.11 Å². The molecule has 4 heteroatoms. The van der Waals surface area contributed by atoms with Crippen molar-refractivity contribution in [2.75, 3.05) is 0 Å². The van der Waals surface area contributed by atoms with Crippen LogP contribution in [0.3, 0.4) is 0 Å². The van der Waals surface area contributed by atoms with E-state index in [1.54, 1.807) is 6.92 Å². The maximum atomic E-state index is 9.68. The lowest BCUT2D eigenvalue weighted by molar-refractivity contribution is 0.176. The molecule has 0 spiro atoms. The van der Waals surface area contributed by atoms with Crippen LogP contribution in [0.25, 0.3) is 21.8 Å². The molecule has 2 nitrogen and oxygen atoms in total. The van der Waals surface area contributed by atoms with E-state index in [4.69, 9.17) is 23.2 Å². The second kappa shape index (κ2) is 4.71. The van der Waals surface area contributed by atoms with E-state index in [0.717, 1.165) is 21.8 Å². The van der Waals surface area contributed by atoms with Gasteiger partial charge in [-0.25, -0.2) is 0 Å². The Morgan fingerprint density at radius 2 is 1.47 bits per heavy atom. The van der Waals surface area contributed by atoms with Gasteiger partial charge in [0, 0.05) is 38.4 Å². The lowest BCUT2D eigenvalue weighted by Gasteiger charge is -2.09. The summed E-state index contributed by atoms with van der Waals surface area (Å²) in [5.74, 6) is 0. The summed E-state index contributed by atoms with van der Waals surface area (Å²) in [5.41, 5.74) is 2.12. The van der Waals surface area contributed by atoms with Gasteiger partial charge in [0.1, 0.15) is 0 Å². The monoisotopic (exact) mass is 293 g/mol. The highest BCUT2D eigenvalue weighted by Gasteiger charge is 2.12. The molecule has 0 radical (unpaired) electrons. The average molecular weight is 294 g/mol. The Bertz CT molecular complexity index is 702. The standard InChI is InChI=1S/C15H13Cl2NO/c1-9(19)8-18-14-4-2-10(16)6-12(14)13-7-11(17)3-5-15(13)18/h2-7,9,19H,8H2,1H3. The maximum absolute atomic E-state index is 9.68. The van der Waals surface area contributed by atoms with Crippen molar-refractivity contribution in [2.24, 2.45) is 0 Å². The third-order valence-corrected chi connectivity index (χ3v) is 3.71. The number of halogens is 2. The molecule has 19 heavy (non-hydrogen) atoms. The molecule has 0 saturated carbocycles. The van der Waals surface area contributed by atoms with Crippen LogP contribution < -0.4 is 0 Å². The SMILES string of the molecule is CC(O)Cn1c2ccc(Cl)cc2c2cc(Cl)ccc21. The first-order valence-electron chi connectivity index (χ1n) is 6.11. The molecule has 0 aliphatic rings. The van der Waals surface area contributed by atoms with Crippen molar-refractivity contribution >= 4 is 45.0 Å². The number of hydrogen-bond donors (Lipinski definition) is 1. The molecule has 98 valence electrons. The van der Waals surface area contributed by atoms with Crippen LogP contribution in [0.4, 0.5) is 0 Å². The van der Waals surface area contributed by atoms with Crippen LogP contribution in [0.1, 0.15) is 6.92 Å². The highest BCUT2D eigenvalue weighted by Crippen LogP contribution is 2.32. The summed E-state index contributed by atoms with van der Waals surface area (Å²) in [5, 5.41) is 13.2. The van der Waals surface area contributed by atoms with E-state index >= 15 is 0 Å². The van der Waals surface area contributed by atoms with Crippen LogP contribution in [0.5, 0.6) is 0 Å². The van der Waals surface area contributed by atoms with E-state index < -0.39 is 6.10 Å². The first-order chi connectivity index (χ1) is 9.06. The number of aliphatic hydroxyl groups excluding tert-OH is 1. The molecule has 3 rings (SSSR count). The van der Waals surface area contributed by atoms with E-state index in [1.807, 2.05) is 36.4 Å². The van der Waals surface area contributed by atoms with Crippen LogP contribution in [-0.2, 0) is 6.54 Å². The molecule has 1 N–H and O–H groups in total. The lowest BCUT2D eigenvalue weighted by Crippen LogP contribution is -2.11. The quantitative estimate of drug-likeness (QED) is 0.740. The van der Waals surface area contributed by atoms with Gasteiger partial charge in [0.15, 0.2) is 0 Å². The Labute approximate surface area is 121 Å². The number of benzene rings is 2. The van der Waals surface area contributed by atoms with Crippen molar-refractivity contribution in [3.8, 4) is 0 Å². The largest absolute Gasteiger partial charge is 0.392 e. The zero-order valence-corrected chi connectivity index (χ0v) is 11.9. The van der Waals surface area contributed by atoms with Gasteiger partial charge in [0.2, 0.25) is 0 Å². The molecule has 1 atom stereocenters. The van der Waals surface area contributed by atoms with Crippen LogP contribution in [0.2, 0.25) is 10.0 Å². The molecule has 0 aliphatic heterocycles. The molecule has 0 bridgehead atoms. The zero-order chi connectivity index (χ0) is 13.6. The van der Waals surface area contributed by atoms with Gasteiger partial charge < -0.3 is 9.67 Å². The zero-order valence-electron chi connectivity index (χ0n) is 10.4. The van der Waals surface area contributed by atoms with Crippen molar-refractivity contribution in [3.05, 3.63) is 46.4 Å². The molecular formula is C15H13Cl2NO. The molecular weight excluding hydrogens is 281 g/mol. The van der Waals surface area contributed by atoms with Crippen LogP contribution in [-0.4, -0.2) is 15.8 Å². The van der Waals surface area contributed by atoms with Gasteiger partial charge in [-0.2, -0.15) is 0 Å². The predicted molar refractivity (Wildman–Crippen MR) is 81.1 cm³/mol. The van der Waals surface area contributed by atoms with Gasteiger partial charge >= 0.3 is 0 Å². The molecule has 0 amide bonds. The maximum Gasteiger partial charge on any atom is 0.0691 e. The van der Waals surface area contributed by atoms with Crippen LogP contribution >= 0.6 is 23.2 Å². The third kappa shape index (κ3) is 2.20. The minimum Gasteiger partial charge on any atom is -0.392 e. The summed E-state index contributed by atoms with van der Waals surface area (Å²) in [6.07, 6.45) is -0.412. The fourth-order valence-corrected chi connectivity index (χ4v) is 2.85. The van der Waals surface area contributed by atoms with Gasteiger partial charge in [0.25, 0.3) is 0 Å². The first-order valence-corrected chi connectivity index (χ1v) is 6.87. The molecule has 1 unspecified atom stereocenters. The lowest BCUT2D eigenvalue weighted by atomic mass is 10.1. The highest BCUT2D eigenvalue weighted by atomic mass is 35.5. The second-order valence-electron chi connectivity index (χ2n) is 4.78. The Morgan fingerprint density at radius 3 is 1.89 bits per heavy atom. The molecule has 3 aromatic rings. The topological polar surface area (TPSA) is 25.2 Å². The van der Waals surface area contributed by atoms with E-state index in [1.165, 1.54) is 0 Å². The van der Waals surface area contributed by atoms with Gasteiger partial charge in [-0.3, -0.25) is 0 Å². The van der Waals surface area contributed by atoms with Crippen LogP contribution in [0.15, 0.2) is 36.4 Å². The molecule has 1 aromatic heterocycles. The number of fused-ring (bicyclic) bond motifs is 3. The normalized spacial score (nSPS) is 13.3. The summed E-state index contributed by atoms with van der Waals surface area (Å²) in [4.78, 5) is 0. The van der Waals surface area contributed by atoms with Crippen molar-refractivity contribution in [3.63, 3.8) is 0 Å². The number of aliphatic hydroxyl groups is 1. The molecule has 0 saturated heterocycles. The van der Waals surface area contributed by atoms with Gasteiger partial charge in [-0.1, -0.05) is 23.2 Å². The van der Waals surface area contributed by atoms with Crippen molar-refractivity contribution in [2.45, 2.75) is 19.6 Å². The number of rotatable bonds is 2. The summed E-state index contributed by atoms with van der Waals surface area (Å²) in [7, 11) is 0. The Morgan fingerprint density at radius 1 is 1.00 bits per heavy atom. The molecule has 2 aromatic carbocycles. The van der Waals surface area contributed by atoms with Gasteiger partial charge in [0.05, 0.1) is 6.10 Å². The number of aromatic nitrogens is 1. The number of nitrogens with zero attached hydrogens (tertiary/aromatic N) is 1. The smallest absolute Gasteiger partial charge is 0.0691 e. The van der Waals surface area contributed by atoms with Gasteiger partial charge in [-0.05, 0) is 43.3 Å². The minimum atomic E-state index is -0.412. The second-order valence-corrected chi connectivity index (χ2v) is 5.66. The predicted octanol–water partition coefficient (Wildman–Crippen LogP) is 4.48. The minimum absolute atomic E-state index is 0.412. The molecule has 0 aliphatic carbocycles. The Hall–Kier alpha value is -1.22. The van der Waals surface area contributed by atoms with Crippen LogP contribution in [0, 0.1) is 0 Å². The van der Waals surface area contributed by atoms with E-state index in [2.05, 4.69) is 4.57 Å². The first kappa shape index (κ1) is 12.8. The Kier molecular flexibility index (Phi) is 3.17.